The van der Waals surface area contributed by atoms with Gasteiger partial charge in [0.2, 0.25) is 0 Å². The van der Waals surface area contributed by atoms with E-state index in [0.717, 1.165) is 6.54 Å². The zero-order valence-corrected chi connectivity index (χ0v) is 11.7. The van der Waals surface area contributed by atoms with Crippen molar-refractivity contribution in [3.63, 3.8) is 0 Å². The van der Waals surface area contributed by atoms with Crippen LogP contribution < -0.4 is 5.32 Å². The largest absolute Gasteiger partial charge is 0.309 e. The standard InChI is InChI=1S/C12H18BrNS/c1-12(2)5-3-9(7-12)14-8-11-10(13)4-6-15-11/h4,6,9,14H,3,5,7-8H2,1-2H3. The fourth-order valence-electron chi connectivity index (χ4n) is 2.30. The highest BCUT2D eigenvalue weighted by atomic mass is 79.9. The SMILES string of the molecule is CC1(C)CCC(NCc2sccc2Br)C1. The Morgan fingerprint density at radius 2 is 2.40 bits per heavy atom. The third kappa shape index (κ3) is 3.05. The Labute approximate surface area is 104 Å². The third-order valence-corrected chi connectivity index (χ3v) is 5.14. The van der Waals surface area contributed by atoms with E-state index in [1.165, 1.54) is 28.6 Å². The smallest absolute Gasteiger partial charge is 0.0327 e. The molecular formula is C12H18BrNS. The van der Waals surface area contributed by atoms with Crippen LogP contribution in [0.1, 0.15) is 38.0 Å². The maximum absolute atomic E-state index is 3.66. The second kappa shape index (κ2) is 4.56. The Bertz CT molecular complexity index is 332. The molecule has 0 aromatic carbocycles. The quantitative estimate of drug-likeness (QED) is 0.880. The maximum atomic E-state index is 3.66. The van der Waals surface area contributed by atoms with Crippen LogP contribution in [-0.2, 0) is 6.54 Å². The molecule has 1 aliphatic rings. The van der Waals surface area contributed by atoms with Gasteiger partial charge in [-0.25, -0.2) is 0 Å². The molecule has 1 aromatic heterocycles. The lowest BCUT2D eigenvalue weighted by Crippen LogP contribution is -2.26. The van der Waals surface area contributed by atoms with Gasteiger partial charge >= 0.3 is 0 Å². The molecule has 15 heavy (non-hydrogen) atoms. The molecule has 3 heteroatoms. The van der Waals surface area contributed by atoms with E-state index >= 15 is 0 Å². The van der Waals surface area contributed by atoms with E-state index in [-0.39, 0.29) is 0 Å². The molecule has 0 aliphatic heterocycles. The lowest BCUT2D eigenvalue weighted by molar-refractivity contribution is 0.364. The highest BCUT2D eigenvalue weighted by Crippen LogP contribution is 2.37. The molecule has 1 saturated carbocycles. The van der Waals surface area contributed by atoms with Crippen LogP contribution in [0.2, 0.25) is 0 Å². The van der Waals surface area contributed by atoms with Crippen molar-refractivity contribution in [2.75, 3.05) is 0 Å². The van der Waals surface area contributed by atoms with Crippen LogP contribution in [0.15, 0.2) is 15.9 Å². The Hall–Kier alpha value is 0.140. The molecule has 1 unspecified atom stereocenters. The van der Waals surface area contributed by atoms with E-state index in [1.807, 2.05) is 11.3 Å². The van der Waals surface area contributed by atoms with Gasteiger partial charge in [0.05, 0.1) is 0 Å². The molecule has 1 atom stereocenters. The van der Waals surface area contributed by atoms with E-state index in [1.54, 1.807) is 0 Å². The van der Waals surface area contributed by atoms with Crippen LogP contribution >= 0.6 is 27.3 Å². The van der Waals surface area contributed by atoms with Crippen LogP contribution in [0, 0.1) is 5.41 Å². The molecule has 0 spiro atoms. The van der Waals surface area contributed by atoms with Gasteiger partial charge in [-0.05, 0) is 52.1 Å². The molecule has 2 rings (SSSR count). The molecule has 1 heterocycles. The summed E-state index contributed by atoms with van der Waals surface area (Å²) < 4.78 is 1.25. The highest BCUT2D eigenvalue weighted by Gasteiger charge is 2.30. The van der Waals surface area contributed by atoms with Crippen molar-refractivity contribution in [2.45, 2.75) is 45.7 Å². The molecule has 1 nitrogen and oxygen atoms in total. The van der Waals surface area contributed by atoms with Crippen LogP contribution in [0.4, 0.5) is 0 Å². The average Bonchev–Trinajstić information content (AvgIpc) is 2.69. The number of hydrogen-bond donors (Lipinski definition) is 1. The first-order valence-electron chi connectivity index (χ1n) is 5.52. The predicted octanol–water partition coefficient (Wildman–Crippen LogP) is 4.18. The number of rotatable bonds is 3. The molecule has 0 amide bonds. The van der Waals surface area contributed by atoms with Crippen molar-refractivity contribution in [1.29, 1.82) is 0 Å². The lowest BCUT2D eigenvalue weighted by Gasteiger charge is -2.17. The molecule has 1 N–H and O–H groups in total. The Morgan fingerprint density at radius 1 is 1.60 bits per heavy atom. The summed E-state index contributed by atoms with van der Waals surface area (Å²) in [6, 6.07) is 2.84. The normalized spacial score (nSPS) is 24.6. The Morgan fingerprint density at radius 3 is 2.93 bits per heavy atom. The van der Waals surface area contributed by atoms with Crippen molar-refractivity contribution < 1.29 is 0 Å². The molecule has 1 fully saturated rings. The second-order valence-corrected chi connectivity index (χ2v) is 7.03. The molecule has 1 aliphatic carbocycles. The predicted molar refractivity (Wildman–Crippen MR) is 70.3 cm³/mol. The van der Waals surface area contributed by atoms with Gasteiger partial charge in [0, 0.05) is 21.9 Å². The third-order valence-electron chi connectivity index (χ3n) is 3.21. The summed E-state index contributed by atoms with van der Waals surface area (Å²) in [5, 5.41) is 5.80. The van der Waals surface area contributed by atoms with Gasteiger partial charge in [-0.3, -0.25) is 0 Å². The fourth-order valence-corrected chi connectivity index (χ4v) is 3.74. The summed E-state index contributed by atoms with van der Waals surface area (Å²) in [5.74, 6) is 0. The first kappa shape index (κ1) is 11.6. The molecule has 84 valence electrons. The van der Waals surface area contributed by atoms with Gasteiger partial charge in [0.25, 0.3) is 0 Å². The van der Waals surface area contributed by atoms with Gasteiger partial charge < -0.3 is 5.32 Å². The number of thiophene rings is 1. The number of nitrogens with one attached hydrogen (secondary N) is 1. The summed E-state index contributed by atoms with van der Waals surface area (Å²) in [4.78, 5) is 1.42. The maximum Gasteiger partial charge on any atom is 0.0327 e. The fraction of sp³-hybridized carbons (Fsp3) is 0.667. The van der Waals surface area contributed by atoms with E-state index in [4.69, 9.17) is 0 Å². The summed E-state index contributed by atoms with van der Waals surface area (Å²) in [6.45, 7) is 5.75. The van der Waals surface area contributed by atoms with Crippen LogP contribution in [0.3, 0.4) is 0 Å². The molecule has 1 aromatic rings. The van der Waals surface area contributed by atoms with Gasteiger partial charge in [-0.15, -0.1) is 11.3 Å². The first-order valence-corrected chi connectivity index (χ1v) is 7.19. The number of hydrogen-bond acceptors (Lipinski definition) is 2. The monoisotopic (exact) mass is 287 g/mol. The first-order chi connectivity index (χ1) is 7.07. The average molecular weight is 288 g/mol. The summed E-state index contributed by atoms with van der Waals surface area (Å²) in [7, 11) is 0. The van der Waals surface area contributed by atoms with Crippen molar-refractivity contribution >= 4 is 27.3 Å². The Balaban J connectivity index is 1.83. The molecule has 0 bridgehead atoms. The minimum Gasteiger partial charge on any atom is -0.309 e. The van der Waals surface area contributed by atoms with Gasteiger partial charge in [0.15, 0.2) is 0 Å². The number of halogens is 1. The van der Waals surface area contributed by atoms with E-state index in [9.17, 15) is 0 Å². The minimum absolute atomic E-state index is 0.546. The molecule has 0 radical (unpaired) electrons. The zero-order chi connectivity index (χ0) is 10.9. The van der Waals surface area contributed by atoms with E-state index < -0.39 is 0 Å². The Kier molecular flexibility index (Phi) is 3.53. The summed E-state index contributed by atoms with van der Waals surface area (Å²) >= 11 is 5.39. The van der Waals surface area contributed by atoms with E-state index in [0.29, 0.717) is 11.5 Å². The van der Waals surface area contributed by atoms with Crippen molar-refractivity contribution in [3.8, 4) is 0 Å². The van der Waals surface area contributed by atoms with Gasteiger partial charge in [0.1, 0.15) is 0 Å². The van der Waals surface area contributed by atoms with E-state index in [2.05, 4.69) is 46.5 Å². The van der Waals surface area contributed by atoms with Crippen molar-refractivity contribution in [3.05, 3.63) is 20.8 Å². The van der Waals surface area contributed by atoms with Gasteiger partial charge in [-0.1, -0.05) is 13.8 Å². The summed E-state index contributed by atoms with van der Waals surface area (Å²) in [5.41, 5.74) is 0.546. The minimum atomic E-state index is 0.546. The van der Waals surface area contributed by atoms with Gasteiger partial charge in [-0.2, -0.15) is 0 Å². The van der Waals surface area contributed by atoms with Crippen molar-refractivity contribution in [1.82, 2.24) is 5.32 Å². The van der Waals surface area contributed by atoms with Crippen molar-refractivity contribution in [2.24, 2.45) is 5.41 Å². The molecular weight excluding hydrogens is 270 g/mol. The van der Waals surface area contributed by atoms with Crippen LogP contribution in [-0.4, -0.2) is 6.04 Å². The second-order valence-electron chi connectivity index (χ2n) is 5.18. The van der Waals surface area contributed by atoms with Crippen LogP contribution in [0.25, 0.3) is 0 Å². The zero-order valence-electron chi connectivity index (χ0n) is 9.35. The molecule has 0 saturated heterocycles. The summed E-state index contributed by atoms with van der Waals surface area (Å²) in [6.07, 6.45) is 4.00. The van der Waals surface area contributed by atoms with Crippen LogP contribution in [0.5, 0.6) is 0 Å². The topological polar surface area (TPSA) is 12.0 Å². The highest BCUT2D eigenvalue weighted by molar-refractivity contribution is 9.10. The lowest BCUT2D eigenvalue weighted by atomic mass is 9.92.